The predicted octanol–water partition coefficient (Wildman–Crippen LogP) is 3.68. The topological polar surface area (TPSA) is 58.6 Å². The van der Waals surface area contributed by atoms with E-state index in [1.165, 1.54) is 0 Å². The number of para-hydroxylation sites is 3. The first kappa shape index (κ1) is 16.6. The second-order valence-electron chi connectivity index (χ2n) is 7.14. The second kappa shape index (κ2) is 6.48. The van der Waals surface area contributed by atoms with E-state index in [4.69, 9.17) is 4.74 Å². The lowest BCUT2D eigenvalue weighted by Gasteiger charge is -2.30. The first-order valence-electron chi connectivity index (χ1n) is 8.97. The zero-order valence-corrected chi connectivity index (χ0v) is 14.8. The highest BCUT2D eigenvalue weighted by Gasteiger charge is 2.62. The highest BCUT2D eigenvalue weighted by molar-refractivity contribution is 5.99. The molecule has 2 aromatic carbocycles. The summed E-state index contributed by atoms with van der Waals surface area (Å²) in [5.41, 5.74) is 0.349. The molecule has 2 fully saturated rings. The number of hydrogen-bond donors (Lipinski definition) is 1. The summed E-state index contributed by atoms with van der Waals surface area (Å²) < 4.78 is 5.93. The van der Waals surface area contributed by atoms with Crippen molar-refractivity contribution in [2.45, 2.75) is 19.8 Å². The summed E-state index contributed by atoms with van der Waals surface area (Å²) in [6.07, 6.45) is 1.58. The number of amides is 2. The van der Waals surface area contributed by atoms with Crippen LogP contribution >= 0.6 is 0 Å². The number of benzene rings is 2. The van der Waals surface area contributed by atoms with Crippen LogP contribution in [0, 0.1) is 11.3 Å². The van der Waals surface area contributed by atoms with E-state index >= 15 is 0 Å². The van der Waals surface area contributed by atoms with Crippen LogP contribution in [0.15, 0.2) is 54.6 Å². The molecule has 5 heteroatoms. The molecule has 2 aromatic rings. The molecular formula is C21H22N2O3. The molecule has 5 nitrogen and oxygen atoms in total. The van der Waals surface area contributed by atoms with Crippen molar-refractivity contribution in [1.82, 2.24) is 4.90 Å². The Hall–Kier alpha value is -2.82. The molecule has 0 bridgehead atoms. The maximum absolute atomic E-state index is 12.9. The minimum absolute atomic E-state index is 0.0369. The van der Waals surface area contributed by atoms with Crippen LogP contribution in [0.4, 0.5) is 5.69 Å². The summed E-state index contributed by atoms with van der Waals surface area (Å²) in [7, 11) is 0. The predicted molar refractivity (Wildman–Crippen MR) is 99.0 cm³/mol. The number of nitrogens with zero attached hydrogens (tertiary/aromatic N) is 1. The number of anilines is 1. The van der Waals surface area contributed by atoms with Crippen LogP contribution in [0.1, 0.15) is 19.8 Å². The molecule has 26 heavy (non-hydrogen) atoms. The lowest BCUT2D eigenvalue weighted by atomic mass is 9.94. The Morgan fingerprint density at radius 3 is 2.58 bits per heavy atom. The molecule has 0 spiro atoms. The Labute approximate surface area is 153 Å². The quantitative estimate of drug-likeness (QED) is 0.915. The monoisotopic (exact) mass is 350 g/mol. The minimum Gasteiger partial charge on any atom is -0.455 e. The normalized spacial score (nSPS) is 23.7. The molecule has 2 unspecified atom stereocenters. The van der Waals surface area contributed by atoms with Crippen LogP contribution in [0.3, 0.4) is 0 Å². The van der Waals surface area contributed by atoms with E-state index in [1.807, 2.05) is 59.5 Å². The first-order valence-corrected chi connectivity index (χ1v) is 8.97. The summed E-state index contributed by atoms with van der Waals surface area (Å²) in [6.45, 7) is 2.93. The summed E-state index contributed by atoms with van der Waals surface area (Å²) in [6, 6.07) is 17.0. The van der Waals surface area contributed by atoms with Crippen LogP contribution in [0.5, 0.6) is 11.5 Å². The average molecular weight is 350 g/mol. The van der Waals surface area contributed by atoms with Crippen LogP contribution in [-0.4, -0.2) is 29.8 Å². The van der Waals surface area contributed by atoms with Crippen molar-refractivity contribution in [3.05, 3.63) is 54.6 Å². The first-order chi connectivity index (χ1) is 12.6. The third-order valence-electron chi connectivity index (χ3n) is 5.50. The van der Waals surface area contributed by atoms with Crippen LogP contribution in [0.2, 0.25) is 0 Å². The Morgan fingerprint density at radius 1 is 1.12 bits per heavy atom. The van der Waals surface area contributed by atoms with Crippen molar-refractivity contribution < 1.29 is 14.3 Å². The Morgan fingerprint density at radius 2 is 1.85 bits per heavy atom. The van der Waals surface area contributed by atoms with Crippen molar-refractivity contribution >= 4 is 17.5 Å². The van der Waals surface area contributed by atoms with Gasteiger partial charge in [0, 0.05) is 20.0 Å². The van der Waals surface area contributed by atoms with Gasteiger partial charge in [-0.25, -0.2) is 0 Å². The van der Waals surface area contributed by atoms with E-state index in [0.29, 0.717) is 24.5 Å². The molecule has 4 rings (SSSR count). The molecule has 1 aliphatic heterocycles. The van der Waals surface area contributed by atoms with E-state index in [2.05, 4.69) is 5.32 Å². The fourth-order valence-corrected chi connectivity index (χ4v) is 3.82. The Balaban J connectivity index is 1.47. The van der Waals surface area contributed by atoms with Gasteiger partial charge in [-0.2, -0.15) is 0 Å². The number of fused-ring (bicyclic) bond motifs is 1. The summed E-state index contributed by atoms with van der Waals surface area (Å²) in [4.78, 5) is 26.3. The van der Waals surface area contributed by atoms with E-state index in [9.17, 15) is 9.59 Å². The third kappa shape index (κ3) is 3.05. The smallest absolute Gasteiger partial charge is 0.231 e. The number of carbonyl (C=O) groups is 2. The number of rotatable bonds is 4. The molecule has 2 amide bonds. The largest absolute Gasteiger partial charge is 0.455 e. The molecule has 1 N–H and O–H groups in total. The summed E-state index contributed by atoms with van der Waals surface area (Å²) in [5, 5.41) is 3.06. The fraction of sp³-hybridized carbons (Fsp3) is 0.333. The molecule has 1 saturated heterocycles. The number of ether oxygens (including phenoxy) is 1. The third-order valence-corrected chi connectivity index (χ3v) is 5.50. The van der Waals surface area contributed by atoms with E-state index in [1.54, 1.807) is 6.92 Å². The van der Waals surface area contributed by atoms with Gasteiger partial charge in [0.2, 0.25) is 11.8 Å². The number of piperidine rings is 1. The molecule has 1 saturated carbocycles. The standard InChI is InChI=1S/C21H22N2O3/c1-15(24)23-12-11-21(13-16(21)14-23)20(25)22-18-9-5-6-10-19(18)26-17-7-3-2-4-8-17/h2-10,16H,11-14H2,1H3,(H,22,25). The lowest BCUT2D eigenvalue weighted by Crippen LogP contribution is -2.41. The van der Waals surface area contributed by atoms with Crippen LogP contribution in [0.25, 0.3) is 0 Å². The highest BCUT2D eigenvalue weighted by Crippen LogP contribution is 2.58. The van der Waals surface area contributed by atoms with Gasteiger partial charge in [0.05, 0.1) is 11.1 Å². The SMILES string of the molecule is CC(=O)N1CCC2(C(=O)Nc3ccccc3Oc3ccccc3)CC2C1. The van der Waals surface area contributed by atoms with Gasteiger partial charge >= 0.3 is 0 Å². The van der Waals surface area contributed by atoms with E-state index in [0.717, 1.165) is 18.6 Å². The molecule has 2 aliphatic rings. The lowest BCUT2D eigenvalue weighted by molar-refractivity contribution is -0.132. The maximum Gasteiger partial charge on any atom is 0.231 e. The molecule has 0 aromatic heterocycles. The minimum atomic E-state index is -0.328. The van der Waals surface area contributed by atoms with Crippen molar-refractivity contribution in [2.75, 3.05) is 18.4 Å². The van der Waals surface area contributed by atoms with Crippen molar-refractivity contribution in [3.8, 4) is 11.5 Å². The van der Waals surface area contributed by atoms with E-state index < -0.39 is 0 Å². The van der Waals surface area contributed by atoms with Gasteiger partial charge in [-0.3, -0.25) is 9.59 Å². The van der Waals surface area contributed by atoms with Gasteiger partial charge < -0.3 is 15.0 Å². The zero-order chi connectivity index (χ0) is 18.1. The highest BCUT2D eigenvalue weighted by atomic mass is 16.5. The Kier molecular flexibility index (Phi) is 4.15. The van der Waals surface area contributed by atoms with Crippen LogP contribution < -0.4 is 10.1 Å². The van der Waals surface area contributed by atoms with Gasteiger partial charge in [-0.05, 0) is 43.0 Å². The van der Waals surface area contributed by atoms with Gasteiger partial charge in [0.1, 0.15) is 5.75 Å². The van der Waals surface area contributed by atoms with Gasteiger partial charge in [0.25, 0.3) is 0 Å². The van der Waals surface area contributed by atoms with Gasteiger partial charge in [0.15, 0.2) is 5.75 Å². The van der Waals surface area contributed by atoms with Crippen molar-refractivity contribution in [2.24, 2.45) is 11.3 Å². The average Bonchev–Trinajstić information content (AvgIpc) is 3.39. The maximum atomic E-state index is 12.9. The molecule has 1 aliphatic carbocycles. The van der Waals surface area contributed by atoms with Gasteiger partial charge in [-0.1, -0.05) is 30.3 Å². The zero-order valence-electron chi connectivity index (χ0n) is 14.8. The molecule has 2 atom stereocenters. The second-order valence-corrected chi connectivity index (χ2v) is 7.14. The molecular weight excluding hydrogens is 328 g/mol. The van der Waals surface area contributed by atoms with E-state index in [-0.39, 0.29) is 23.1 Å². The van der Waals surface area contributed by atoms with Crippen molar-refractivity contribution in [1.29, 1.82) is 0 Å². The van der Waals surface area contributed by atoms with Gasteiger partial charge in [-0.15, -0.1) is 0 Å². The number of hydrogen-bond acceptors (Lipinski definition) is 3. The summed E-state index contributed by atoms with van der Waals surface area (Å²) >= 11 is 0. The molecule has 1 heterocycles. The van der Waals surface area contributed by atoms with Crippen LogP contribution in [-0.2, 0) is 9.59 Å². The summed E-state index contributed by atoms with van der Waals surface area (Å²) in [5.74, 6) is 1.75. The number of likely N-dealkylation sites (tertiary alicyclic amines) is 1. The number of carbonyl (C=O) groups excluding carboxylic acids is 2. The fourth-order valence-electron chi connectivity index (χ4n) is 3.82. The molecule has 134 valence electrons. The number of nitrogens with one attached hydrogen (secondary N) is 1. The Bertz CT molecular complexity index is 836. The van der Waals surface area contributed by atoms with Crippen molar-refractivity contribution in [3.63, 3.8) is 0 Å². The molecule has 0 radical (unpaired) electrons.